The first-order chi connectivity index (χ1) is 19.9. The van der Waals surface area contributed by atoms with E-state index in [1.165, 1.54) is 29.8 Å². The lowest BCUT2D eigenvalue weighted by molar-refractivity contribution is 0.281. The van der Waals surface area contributed by atoms with Crippen LogP contribution in [0.15, 0.2) is 101 Å². The average Bonchev–Trinajstić information content (AvgIpc) is 2.97. The highest BCUT2D eigenvalue weighted by molar-refractivity contribution is 7.86. The first kappa shape index (κ1) is 31.0. The van der Waals surface area contributed by atoms with Gasteiger partial charge in [0.25, 0.3) is 20.2 Å². The van der Waals surface area contributed by atoms with Crippen LogP contribution in [0.5, 0.6) is 17.2 Å². The minimum atomic E-state index is -4.29. The molecule has 0 bridgehead atoms. The van der Waals surface area contributed by atoms with Gasteiger partial charge in [-0.05, 0) is 83.1 Å². The summed E-state index contributed by atoms with van der Waals surface area (Å²) in [5.41, 5.74) is 3.39. The summed E-state index contributed by atoms with van der Waals surface area (Å²) in [4.78, 5) is -0.411. The van der Waals surface area contributed by atoms with Crippen LogP contribution < -0.4 is 14.2 Å². The first-order valence-corrected chi connectivity index (χ1v) is 16.0. The molecular formula is C31H32O9S2. The molecule has 0 radical (unpaired) electrons. The van der Waals surface area contributed by atoms with Crippen molar-refractivity contribution in [3.8, 4) is 17.2 Å². The van der Waals surface area contributed by atoms with E-state index in [-0.39, 0.29) is 29.6 Å². The lowest BCUT2D eigenvalue weighted by Gasteiger charge is -2.14. The van der Waals surface area contributed by atoms with Crippen LogP contribution in [0.4, 0.5) is 0 Å². The van der Waals surface area contributed by atoms with Crippen LogP contribution in [0.25, 0.3) is 0 Å². The zero-order valence-corrected chi connectivity index (χ0v) is 24.8. The maximum absolute atomic E-state index is 11.3. The van der Waals surface area contributed by atoms with Crippen LogP contribution in [-0.4, -0.2) is 25.9 Å². The van der Waals surface area contributed by atoms with Crippen molar-refractivity contribution in [2.75, 3.05) is 0 Å². The zero-order valence-electron chi connectivity index (χ0n) is 23.1. The van der Waals surface area contributed by atoms with E-state index in [1.54, 1.807) is 30.3 Å². The van der Waals surface area contributed by atoms with Gasteiger partial charge in [0.2, 0.25) is 0 Å². The monoisotopic (exact) mass is 612 g/mol. The minimum absolute atomic E-state index is 0.129. The highest BCUT2D eigenvalue weighted by Gasteiger charge is 2.11. The number of rotatable bonds is 13. The van der Waals surface area contributed by atoms with Crippen molar-refractivity contribution in [2.45, 2.75) is 55.8 Å². The van der Waals surface area contributed by atoms with Gasteiger partial charge >= 0.3 is 0 Å². The number of ether oxygens (including phenoxy) is 3. The molecule has 0 spiro atoms. The van der Waals surface area contributed by atoms with Crippen molar-refractivity contribution in [1.82, 2.24) is 0 Å². The predicted molar refractivity (Wildman–Crippen MR) is 157 cm³/mol. The van der Waals surface area contributed by atoms with Crippen molar-refractivity contribution in [3.63, 3.8) is 0 Å². The van der Waals surface area contributed by atoms with Crippen molar-refractivity contribution in [1.29, 1.82) is 0 Å². The molecule has 9 nitrogen and oxygen atoms in total. The highest BCUT2D eigenvalue weighted by Crippen LogP contribution is 2.27. The molecule has 11 heteroatoms. The van der Waals surface area contributed by atoms with Gasteiger partial charge in [-0.15, -0.1) is 0 Å². The molecule has 0 saturated heterocycles. The first-order valence-electron chi connectivity index (χ1n) is 13.2. The Kier molecular flexibility index (Phi) is 9.89. The maximum atomic E-state index is 11.3. The van der Waals surface area contributed by atoms with Crippen LogP contribution >= 0.6 is 0 Å². The SMILES string of the molecule is CCC(C)c1ccc(OCc2cc(OCc3ccc(S(=O)(=O)O)cc3)cc(OCc3ccc(S(=O)(=O)O)cc3)c2)cc1. The van der Waals surface area contributed by atoms with E-state index < -0.39 is 20.2 Å². The van der Waals surface area contributed by atoms with Crippen molar-refractivity contribution < 1.29 is 40.2 Å². The molecule has 2 N–H and O–H groups in total. The molecule has 0 saturated carbocycles. The summed E-state index contributed by atoms with van der Waals surface area (Å²) >= 11 is 0. The van der Waals surface area contributed by atoms with Crippen LogP contribution in [0.1, 0.15) is 48.4 Å². The largest absolute Gasteiger partial charge is 0.489 e. The van der Waals surface area contributed by atoms with Gasteiger partial charge in [0.15, 0.2) is 0 Å². The van der Waals surface area contributed by atoms with E-state index in [0.717, 1.165) is 12.0 Å². The summed E-state index contributed by atoms with van der Waals surface area (Å²) in [7, 11) is -8.58. The molecule has 4 aromatic rings. The van der Waals surface area contributed by atoms with E-state index in [9.17, 15) is 25.9 Å². The van der Waals surface area contributed by atoms with E-state index in [1.807, 2.05) is 24.3 Å². The van der Waals surface area contributed by atoms with Crippen LogP contribution in [0.3, 0.4) is 0 Å². The standard InChI is InChI=1S/C31H32O9S2/c1-3-22(2)26-8-10-27(11-9-26)38-21-25-16-28(39-19-23-4-12-30(13-5-23)41(32,33)34)18-29(17-25)40-20-24-6-14-31(15-7-24)42(35,36)37/h4-18,22H,3,19-21H2,1-2H3,(H,32,33,34)(H,35,36,37). The molecule has 4 aromatic carbocycles. The summed E-state index contributed by atoms with van der Waals surface area (Å²) in [5.74, 6) is 2.15. The molecule has 0 aliphatic heterocycles. The minimum Gasteiger partial charge on any atom is -0.489 e. The second-order valence-electron chi connectivity index (χ2n) is 9.80. The third-order valence-corrected chi connectivity index (χ3v) is 8.40. The van der Waals surface area contributed by atoms with Gasteiger partial charge in [-0.3, -0.25) is 9.11 Å². The van der Waals surface area contributed by atoms with Gasteiger partial charge < -0.3 is 14.2 Å². The average molecular weight is 613 g/mol. The molecule has 0 aliphatic carbocycles. The van der Waals surface area contributed by atoms with E-state index in [2.05, 4.69) is 26.0 Å². The Morgan fingerprint density at radius 2 is 0.976 bits per heavy atom. The Hall–Kier alpha value is -3.90. The Balaban J connectivity index is 1.49. The van der Waals surface area contributed by atoms with E-state index >= 15 is 0 Å². The third-order valence-electron chi connectivity index (χ3n) is 6.66. The number of benzene rings is 4. The lowest BCUT2D eigenvalue weighted by Crippen LogP contribution is -2.03. The zero-order chi connectivity index (χ0) is 30.3. The summed E-state index contributed by atoms with van der Waals surface area (Å²) in [6.45, 7) is 4.82. The molecule has 1 unspecified atom stereocenters. The Morgan fingerprint density at radius 3 is 1.38 bits per heavy atom. The Morgan fingerprint density at radius 1 is 0.571 bits per heavy atom. The van der Waals surface area contributed by atoms with Crippen LogP contribution in [0, 0.1) is 0 Å². The van der Waals surface area contributed by atoms with Crippen molar-refractivity contribution >= 4 is 20.2 Å². The van der Waals surface area contributed by atoms with Crippen LogP contribution in [-0.2, 0) is 40.1 Å². The van der Waals surface area contributed by atoms with E-state index in [4.69, 9.17) is 14.2 Å². The summed E-state index contributed by atoms with van der Waals surface area (Å²) < 4.78 is 81.6. The second-order valence-corrected chi connectivity index (χ2v) is 12.6. The van der Waals surface area contributed by atoms with Crippen molar-refractivity contribution in [3.05, 3.63) is 113 Å². The highest BCUT2D eigenvalue weighted by atomic mass is 32.2. The fourth-order valence-electron chi connectivity index (χ4n) is 4.02. The summed E-state index contributed by atoms with van der Waals surface area (Å²) in [6, 6.07) is 24.7. The third kappa shape index (κ3) is 8.80. The molecule has 42 heavy (non-hydrogen) atoms. The molecule has 0 heterocycles. The molecular weight excluding hydrogens is 580 g/mol. The topological polar surface area (TPSA) is 136 Å². The fraction of sp³-hybridized carbons (Fsp3) is 0.226. The molecule has 4 rings (SSSR count). The Labute approximate surface area is 246 Å². The molecule has 222 valence electrons. The van der Waals surface area contributed by atoms with Crippen molar-refractivity contribution in [2.24, 2.45) is 0 Å². The molecule has 0 aromatic heterocycles. The van der Waals surface area contributed by atoms with Gasteiger partial charge in [0, 0.05) is 6.07 Å². The normalized spacial score (nSPS) is 12.5. The molecule has 0 fully saturated rings. The van der Waals surface area contributed by atoms with Gasteiger partial charge in [-0.1, -0.05) is 50.2 Å². The second kappa shape index (κ2) is 13.4. The van der Waals surface area contributed by atoms with Gasteiger partial charge in [-0.2, -0.15) is 16.8 Å². The summed E-state index contributed by atoms with van der Waals surface area (Å²) in [5, 5.41) is 0. The van der Waals surface area contributed by atoms with Gasteiger partial charge in [-0.25, -0.2) is 0 Å². The fourth-order valence-corrected chi connectivity index (χ4v) is 4.98. The van der Waals surface area contributed by atoms with Gasteiger partial charge in [0.05, 0.1) is 9.79 Å². The summed E-state index contributed by atoms with van der Waals surface area (Å²) in [6.07, 6.45) is 1.05. The smallest absolute Gasteiger partial charge is 0.294 e. The molecule has 0 aliphatic rings. The molecule has 1 atom stereocenters. The number of hydrogen-bond donors (Lipinski definition) is 2. The maximum Gasteiger partial charge on any atom is 0.294 e. The number of hydrogen-bond acceptors (Lipinski definition) is 7. The van der Waals surface area contributed by atoms with Crippen LogP contribution in [0.2, 0.25) is 0 Å². The lowest BCUT2D eigenvalue weighted by atomic mass is 9.99. The predicted octanol–water partition coefficient (Wildman–Crippen LogP) is 6.43. The quantitative estimate of drug-likeness (QED) is 0.164. The van der Waals surface area contributed by atoms with Gasteiger partial charge in [0.1, 0.15) is 37.1 Å². The van der Waals surface area contributed by atoms with E-state index in [0.29, 0.717) is 34.3 Å². The molecule has 0 amide bonds. The Bertz CT molecular complexity index is 1600.